The van der Waals surface area contributed by atoms with Crippen LogP contribution in [0.4, 0.5) is 25.8 Å². The smallest absolute Gasteiger partial charge is 0.311 e. The van der Waals surface area contributed by atoms with Crippen LogP contribution in [0.2, 0.25) is 0 Å². The van der Waals surface area contributed by atoms with Gasteiger partial charge in [0.2, 0.25) is 0 Å². The third-order valence-corrected chi connectivity index (χ3v) is 4.13. The van der Waals surface area contributed by atoms with Crippen molar-refractivity contribution >= 4 is 39.2 Å². The fourth-order valence-corrected chi connectivity index (χ4v) is 3.02. The molecular weight excluding hydrogens is 414 g/mol. The average Bonchev–Trinajstić information content (AvgIpc) is 2.58. The Hall–Kier alpha value is -2.59. The van der Waals surface area contributed by atoms with Crippen molar-refractivity contribution in [3.8, 4) is 5.75 Å². The number of anilines is 2. The van der Waals surface area contributed by atoms with Crippen molar-refractivity contribution in [2.24, 2.45) is 10.7 Å². The van der Waals surface area contributed by atoms with Gasteiger partial charge in [-0.1, -0.05) is 15.9 Å². The number of nitro groups is 1. The highest BCUT2D eigenvalue weighted by molar-refractivity contribution is 9.10. The molecule has 2 aromatic rings. The molecule has 0 spiro atoms. The van der Waals surface area contributed by atoms with Crippen LogP contribution >= 0.6 is 15.9 Å². The molecule has 2 N–H and O–H groups in total. The van der Waals surface area contributed by atoms with Crippen LogP contribution in [0, 0.1) is 21.7 Å². The van der Waals surface area contributed by atoms with Crippen molar-refractivity contribution in [3.05, 3.63) is 56.1 Å². The summed E-state index contributed by atoms with van der Waals surface area (Å²) in [6.45, 7) is 0.181. The first-order valence-electron chi connectivity index (χ1n) is 7.49. The highest BCUT2D eigenvalue weighted by Gasteiger charge is 2.27. The Balaban J connectivity index is 2.15. The van der Waals surface area contributed by atoms with Gasteiger partial charge in [-0.25, -0.2) is 8.78 Å². The minimum atomic E-state index is -0.789. The van der Waals surface area contributed by atoms with Gasteiger partial charge in [0.25, 0.3) is 0 Å². The lowest BCUT2D eigenvalue weighted by Crippen LogP contribution is -2.24. The van der Waals surface area contributed by atoms with Crippen molar-refractivity contribution < 1.29 is 18.4 Å². The fourth-order valence-electron chi connectivity index (χ4n) is 2.62. The lowest BCUT2D eigenvalue weighted by atomic mass is 10.1. The van der Waals surface area contributed by atoms with Crippen LogP contribution in [0.15, 0.2) is 33.7 Å². The number of fused-ring (bicyclic) bond motifs is 1. The summed E-state index contributed by atoms with van der Waals surface area (Å²) >= 11 is 3.03. The molecule has 0 saturated carbocycles. The number of benzene rings is 2. The van der Waals surface area contributed by atoms with E-state index in [1.165, 1.54) is 23.2 Å². The number of nitrogens with zero attached hydrogens (tertiary/aromatic N) is 3. The second-order valence-electron chi connectivity index (χ2n) is 5.37. The summed E-state index contributed by atoms with van der Waals surface area (Å²) in [5.74, 6) is -1.61. The van der Waals surface area contributed by atoms with Crippen LogP contribution < -0.4 is 15.4 Å². The molecule has 10 heteroatoms. The second kappa shape index (κ2) is 7.34. The Kier molecular flexibility index (Phi) is 5.14. The molecule has 3 rings (SSSR count). The minimum absolute atomic E-state index is 0.0302. The van der Waals surface area contributed by atoms with Gasteiger partial charge < -0.3 is 15.4 Å². The molecule has 1 heterocycles. The molecule has 7 nitrogen and oxygen atoms in total. The molecule has 1 aliphatic heterocycles. The monoisotopic (exact) mass is 426 g/mol. The minimum Gasteiger partial charge on any atom is -0.485 e. The number of hydrogen-bond acceptors (Lipinski definition) is 6. The van der Waals surface area contributed by atoms with E-state index in [0.29, 0.717) is 11.3 Å². The summed E-state index contributed by atoms with van der Waals surface area (Å²) in [5, 5.41) is 11.3. The molecule has 0 atom stereocenters. The number of ether oxygens (including phenoxy) is 1. The van der Waals surface area contributed by atoms with Gasteiger partial charge >= 0.3 is 5.69 Å². The molecule has 1 aliphatic rings. The van der Waals surface area contributed by atoms with E-state index >= 15 is 0 Å². The molecule has 26 heavy (non-hydrogen) atoms. The highest BCUT2D eigenvalue weighted by Crippen LogP contribution is 2.40. The topological polar surface area (TPSA) is 94.0 Å². The summed E-state index contributed by atoms with van der Waals surface area (Å²) < 4.78 is 34.4. The Morgan fingerprint density at radius 2 is 2.00 bits per heavy atom. The van der Waals surface area contributed by atoms with Crippen LogP contribution in [0.25, 0.3) is 0 Å². The molecule has 136 valence electrons. The van der Waals surface area contributed by atoms with E-state index in [1.54, 1.807) is 0 Å². The Morgan fingerprint density at radius 1 is 1.31 bits per heavy atom. The molecule has 0 fully saturated rings. The first-order chi connectivity index (χ1) is 12.4. The quantitative estimate of drug-likeness (QED) is 0.583. The zero-order valence-electron chi connectivity index (χ0n) is 13.3. The zero-order chi connectivity index (χ0) is 18.8. The molecule has 0 aliphatic carbocycles. The summed E-state index contributed by atoms with van der Waals surface area (Å²) in [7, 11) is 0. The number of nitro benzene ring substituents is 1. The Labute approximate surface area is 155 Å². The van der Waals surface area contributed by atoms with E-state index < -0.39 is 16.6 Å². The van der Waals surface area contributed by atoms with Crippen LogP contribution in [-0.4, -0.2) is 31.0 Å². The lowest BCUT2D eigenvalue weighted by molar-refractivity contribution is -0.385. The molecule has 2 aromatic carbocycles. The van der Waals surface area contributed by atoms with Crippen LogP contribution in [-0.2, 0) is 0 Å². The Bertz CT molecular complexity index is 884. The summed E-state index contributed by atoms with van der Waals surface area (Å²) in [5.41, 5.74) is 5.50. The van der Waals surface area contributed by atoms with Crippen LogP contribution in [0.1, 0.15) is 5.56 Å². The van der Waals surface area contributed by atoms with Gasteiger partial charge in [0.1, 0.15) is 19.0 Å². The number of halogens is 3. The molecule has 0 aromatic heterocycles. The molecule has 0 radical (unpaired) electrons. The number of rotatable bonds is 5. The van der Waals surface area contributed by atoms with Crippen molar-refractivity contribution in [2.75, 3.05) is 24.7 Å². The van der Waals surface area contributed by atoms with Crippen molar-refractivity contribution in [1.82, 2.24) is 0 Å². The number of nitrogens with two attached hydrogens (primary N) is 1. The highest BCUT2D eigenvalue weighted by atomic mass is 79.9. The lowest BCUT2D eigenvalue weighted by Gasteiger charge is -2.28. The van der Waals surface area contributed by atoms with E-state index in [9.17, 15) is 18.9 Å². The standard InChI is InChI=1S/C16H13BrF2N4O3/c17-10-4-11(18)16(12(19)5-10)22-8-21-7-9-3-14(23(24)25)15(6-13(9)22)26-2-1-20/h3-7H,1-2,8,20H2. The maximum absolute atomic E-state index is 14.4. The second-order valence-corrected chi connectivity index (χ2v) is 6.29. The molecule has 0 bridgehead atoms. The Morgan fingerprint density at radius 3 is 2.62 bits per heavy atom. The predicted molar refractivity (Wildman–Crippen MR) is 96.3 cm³/mol. The van der Waals surface area contributed by atoms with E-state index in [0.717, 1.165) is 12.1 Å². The van der Waals surface area contributed by atoms with Gasteiger partial charge in [0.15, 0.2) is 17.4 Å². The molecule has 0 saturated heterocycles. The molecular formula is C16H13BrF2N4O3. The largest absolute Gasteiger partial charge is 0.485 e. The van der Waals surface area contributed by atoms with Gasteiger partial charge in [-0.15, -0.1) is 0 Å². The van der Waals surface area contributed by atoms with E-state index in [2.05, 4.69) is 20.9 Å². The maximum atomic E-state index is 14.4. The van der Waals surface area contributed by atoms with Crippen LogP contribution in [0.3, 0.4) is 0 Å². The van der Waals surface area contributed by atoms with Crippen LogP contribution in [0.5, 0.6) is 5.75 Å². The summed E-state index contributed by atoms with van der Waals surface area (Å²) in [6.07, 6.45) is 1.42. The molecule has 0 amide bonds. The summed E-state index contributed by atoms with van der Waals surface area (Å²) in [6, 6.07) is 4.89. The first kappa shape index (κ1) is 18.2. The van der Waals surface area contributed by atoms with Gasteiger partial charge in [-0.3, -0.25) is 15.1 Å². The average molecular weight is 427 g/mol. The van der Waals surface area contributed by atoms with E-state index in [4.69, 9.17) is 10.5 Å². The number of hydrogen-bond donors (Lipinski definition) is 1. The van der Waals surface area contributed by atoms with Crippen molar-refractivity contribution in [2.45, 2.75) is 0 Å². The van der Waals surface area contributed by atoms with Gasteiger partial charge in [-0.2, -0.15) is 0 Å². The molecule has 0 unspecified atom stereocenters. The first-order valence-corrected chi connectivity index (χ1v) is 8.29. The van der Waals surface area contributed by atoms with E-state index in [1.807, 2.05) is 0 Å². The third-order valence-electron chi connectivity index (χ3n) is 3.68. The van der Waals surface area contributed by atoms with Gasteiger partial charge in [-0.05, 0) is 12.1 Å². The zero-order valence-corrected chi connectivity index (χ0v) is 14.9. The van der Waals surface area contributed by atoms with Gasteiger partial charge in [0.05, 0.1) is 10.6 Å². The number of aliphatic imine (C=N–C) groups is 1. The van der Waals surface area contributed by atoms with Crippen molar-refractivity contribution in [3.63, 3.8) is 0 Å². The third kappa shape index (κ3) is 3.37. The summed E-state index contributed by atoms with van der Waals surface area (Å²) in [4.78, 5) is 16.0. The maximum Gasteiger partial charge on any atom is 0.311 e. The fraction of sp³-hybridized carbons (Fsp3) is 0.188. The SMILES string of the molecule is NCCOc1cc2c(cc1[N+](=O)[O-])C=NCN2c1c(F)cc(Br)cc1F. The van der Waals surface area contributed by atoms with Gasteiger partial charge in [0, 0.05) is 34.9 Å². The van der Waals surface area contributed by atoms with Crippen molar-refractivity contribution in [1.29, 1.82) is 0 Å². The normalized spacial score (nSPS) is 12.8. The van der Waals surface area contributed by atoms with E-state index in [-0.39, 0.29) is 41.4 Å². The predicted octanol–water partition coefficient (Wildman–Crippen LogP) is 3.50.